The molecule has 0 bridgehead atoms. The first-order valence-corrected chi connectivity index (χ1v) is 6.84. The van der Waals surface area contributed by atoms with Crippen LogP contribution in [0.15, 0.2) is 35.6 Å². The average molecular weight is 276 g/mol. The smallest absolute Gasteiger partial charge is 0.0738 e. The summed E-state index contributed by atoms with van der Waals surface area (Å²) in [7, 11) is 0. The second kappa shape index (κ2) is 6.02. The molecule has 0 saturated heterocycles. The van der Waals surface area contributed by atoms with Gasteiger partial charge in [0.2, 0.25) is 0 Å². The third kappa shape index (κ3) is 3.24. The first-order chi connectivity index (χ1) is 9.11. The van der Waals surface area contributed by atoms with Gasteiger partial charge >= 0.3 is 0 Å². The molecule has 0 amide bonds. The van der Waals surface area contributed by atoms with Crippen LogP contribution in [-0.2, 0) is 0 Å². The molecule has 0 aliphatic rings. The number of hydrogen-bond donors (Lipinski definition) is 1. The Morgan fingerprint density at radius 1 is 1.42 bits per heavy atom. The SMILES string of the molecule is CC[C@H](C)/C(C)=N\Nc1ccnc2cc(Cl)ccc12. The van der Waals surface area contributed by atoms with Crippen LogP contribution in [0.5, 0.6) is 0 Å². The fraction of sp³-hybridized carbons (Fsp3) is 0.333. The number of benzene rings is 1. The van der Waals surface area contributed by atoms with Gasteiger partial charge in [0, 0.05) is 22.3 Å². The van der Waals surface area contributed by atoms with E-state index in [0.717, 1.165) is 28.7 Å². The predicted octanol–water partition coefficient (Wildman–Crippen LogP) is 4.72. The van der Waals surface area contributed by atoms with Crippen LogP contribution in [0.3, 0.4) is 0 Å². The first-order valence-electron chi connectivity index (χ1n) is 6.46. The molecule has 4 heteroatoms. The molecular formula is C15H18ClN3. The monoisotopic (exact) mass is 275 g/mol. The molecule has 0 unspecified atom stereocenters. The summed E-state index contributed by atoms with van der Waals surface area (Å²) < 4.78 is 0. The van der Waals surface area contributed by atoms with Gasteiger partial charge in [0.05, 0.1) is 11.2 Å². The van der Waals surface area contributed by atoms with Crippen LogP contribution < -0.4 is 5.43 Å². The summed E-state index contributed by atoms with van der Waals surface area (Å²) in [4.78, 5) is 4.31. The minimum Gasteiger partial charge on any atom is -0.278 e. The molecular weight excluding hydrogens is 258 g/mol. The molecule has 2 aromatic rings. The molecule has 0 spiro atoms. The number of halogens is 1. The zero-order valence-electron chi connectivity index (χ0n) is 11.4. The number of pyridine rings is 1. The lowest BCUT2D eigenvalue weighted by Crippen LogP contribution is -2.08. The molecule has 19 heavy (non-hydrogen) atoms. The summed E-state index contributed by atoms with van der Waals surface area (Å²) in [5.41, 5.74) is 6.04. The Hall–Kier alpha value is -1.61. The molecule has 0 aliphatic heterocycles. The van der Waals surface area contributed by atoms with E-state index < -0.39 is 0 Å². The Balaban J connectivity index is 2.31. The Morgan fingerprint density at radius 2 is 2.21 bits per heavy atom. The lowest BCUT2D eigenvalue weighted by Gasteiger charge is -2.10. The van der Waals surface area contributed by atoms with Crippen molar-refractivity contribution in [2.75, 3.05) is 5.43 Å². The van der Waals surface area contributed by atoms with Crippen molar-refractivity contribution < 1.29 is 0 Å². The van der Waals surface area contributed by atoms with E-state index in [0.29, 0.717) is 10.9 Å². The summed E-state index contributed by atoms with van der Waals surface area (Å²) in [6, 6.07) is 7.60. The van der Waals surface area contributed by atoms with Gasteiger partial charge in [-0.1, -0.05) is 25.4 Å². The number of anilines is 1. The number of fused-ring (bicyclic) bond motifs is 1. The van der Waals surface area contributed by atoms with Gasteiger partial charge in [0.25, 0.3) is 0 Å². The van der Waals surface area contributed by atoms with Gasteiger partial charge in [-0.05, 0) is 43.5 Å². The number of aromatic nitrogens is 1. The molecule has 1 aromatic carbocycles. The second-order valence-corrected chi connectivity index (χ2v) is 5.13. The largest absolute Gasteiger partial charge is 0.278 e. The van der Waals surface area contributed by atoms with Gasteiger partial charge in [0.1, 0.15) is 0 Å². The molecule has 100 valence electrons. The minimum absolute atomic E-state index is 0.482. The Labute approximate surface area is 118 Å². The van der Waals surface area contributed by atoms with Crippen molar-refractivity contribution in [3.63, 3.8) is 0 Å². The molecule has 0 aliphatic carbocycles. The van der Waals surface area contributed by atoms with Crippen molar-refractivity contribution in [1.29, 1.82) is 0 Å². The molecule has 2 rings (SSSR count). The van der Waals surface area contributed by atoms with Crippen molar-refractivity contribution in [1.82, 2.24) is 4.98 Å². The normalized spacial score (nSPS) is 13.6. The van der Waals surface area contributed by atoms with E-state index in [1.165, 1.54) is 0 Å². The van der Waals surface area contributed by atoms with Gasteiger partial charge < -0.3 is 0 Å². The number of nitrogens with zero attached hydrogens (tertiary/aromatic N) is 2. The van der Waals surface area contributed by atoms with Gasteiger partial charge in [-0.2, -0.15) is 5.10 Å². The summed E-state index contributed by atoms with van der Waals surface area (Å²) in [6.45, 7) is 6.37. The number of hydrazone groups is 1. The van der Waals surface area contributed by atoms with Crippen LogP contribution in [0.25, 0.3) is 10.9 Å². The zero-order chi connectivity index (χ0) is 13.8. The molecule has 1 atom stereocenters. The quantitative estimate of drug-likeness (QED) is 0.647. The van der Waals surface area contributed by atoms with Crippen LogP contribution in [0.2, 0.25) is 5.02 Å². The molecule has 1 N–H and O–H groups in total. The molecule has 0 saturated carbocycles. The number of hydrogen-bond acceptors (Lipinski definition) is 3. The third-order valence-electron chi connectivity index (χ3n) is 3.38. The fourth-order valence-corrected chi connectivity index (χ4v) is 1.94. The lowest BCUT2D eigenvalue weighted by atomic mass is 10.1. The number of nitrogens with one attached hydrogen (secondary N) is 1. The highest BCUT2D eigenvalue weighted by molar-refractivity contribution is 6.31. The summed E-state index contributed by atoms with van der Waals surface area (Å²) in [5, 5.41) is 6.16. The van der Waals surface area contributed by atoms with E-state index in [1.54, 1.807) is 6.20 Å². The summed E-state index contributed by atoms with van der Waals surface area (Å²) >= 11 is 5.97. The van der Waals surface area contributed by atoms with Crippen molar-refractivity contribution >= 4 is 33.9 Å². The minimum atomic E-state index is 0.482. The highest BCUT2D eigenvalue weighted by Crippen LogP contribution is 2.24. The molecule has 1 heterocycles. The van der Waals surface area contributed by atoms with Crippen molar-refractivity contribution in [3.05, 3.63) is 35.5 Å². The second-order valence-electron chi connectivity index (χ2n) is 4.69. The molecule has 1 aromatic heterocycles. The number of rotatable bonds is 4. The zero-order valence-corrected chi connectivity index (χ0v) is 12.2. The highest BCUT2D eigenvalue weighted by atomic mass is 35.5. The van der Waals surface area contributed by atoms with Gasteiger partial charge in [-0.25, -0.2) is 0 Å². The van der Waals surface area contributed by atoms with Crippen molar-refractivity contribution in [2.24, 2.45) is 11.0 Å². The maximum Gasteiger partial charge on any atom is 0.0738 e. The van der Waals surface area contributed by atoms with Crippen LogP contribution in [-0.4, -0.2) is 10.7 Å². The van der Waals surface area contributed by atoms with E-state index in [-0.39, 0.29) is 0 Å². The maximum atomic E-state index is 5.97. The highest BCUT2D eigenvalue weighted by Gasteiger charge is 2.04. The Kier molecular flexibility index (Phi) is 4.38. The van der Waals surface area contributed by atoms with E-state index in [4.69, 9.17) is 11.6 Å². The van der Waals surface area contributed by atoms with Crippen LogP contribution in [0.1, 0.15) is 27.2 Å². The first kappa shape index (κ1) is 13.8. The van der Waals surface area contributed by atoms with Crippen LogP contribution in [0.4, 0.5) is 5.69 Å². The molecule has 3 nitrogen and oxygen atoms in total. The molecule has 0 fully saturated rings. The lowest BCUT2D eigenvalue weighted by molar-refractivity contribution is 0.734. The fourth-order valence-electron chi connectivity index (χ4n) is 1.77. The van der Waals surface area contributed by atoms with E-state index in [2.05, 4.69) is 29.4 Å². The third-order valence-corrected chi connectivity index (χ3v) is 3.62. The van der Waals surface area contributed by atoms with E-state index in [9.17, 15) is 0 Å². The van der Waals surface area contributed by atoms with Crippen LogP contribution in [0, 0.1) is 5.92 Å². The van der Waals surface area contributed by atoms with Gasteiger partial charge in [-0.3, -0.25) is 10.4 Å². The topological polar surface area (TPSA) is 37.3 Å². The maximum absolute atomic E-state index is 5.97. The summed E-state index contributed by atoms with van der Waals surface area (Å²) in [5.74, 6) is 0.482. The van der Waals surface area contributed by atoms with Crippen molar-refractivity contribution in [2.45, 2.75) is 27.2 Å². The van der Waals surface area contributed by atoms with E-state index in [1.807, 2.05) is 31.2 Å². The van der Waals surface area contributed by atoms with Crippen molar-refractivity contribution in [3.8, 4) is 0 Å². The predicted molar refractivity (Wildman–Crippen MR) is 82.9 cm³/mol. The Morgan fingerprint density at radius 3 is 2.95 bits per heavy atom. The van der Waals surface area contributed by atoms with Crippen LogP contribution >= 0.6 is 11.6 Å². The van der Waals surface area contributed by atoms with E-state index >= 15 is 0 Å². The molecule has 0 radical (unpaired) electrons. The summed E-state index contributed by atoms with van der Waals surface area (Å²) in [6.07, 6.45) is 2.85. The standard InChI is InChI=1S/C15H18ClN3/c1-4-10(2)11(3)18-19-14-7-8-17-15-9-12(16)5-6-13(14)15/h5-10H,4H2,1-3H3,(H,17,19)/b18-11-/t10-/m0/s1. The van der Waals surface area contributed by atoms with Gasteiger partial charge in [-0.15, -0.1) is 0 Å². The van der Waals surface area contributed by atoms with Gasteiger partial charge in [0.15, 0.2) is 0 Å². The Bertz CT molecular complexity index is 607. The average Bonchev–Trinajstić information content (AvgIpc) is 2.43.